The van der Waals surface area contributed by atoms with E-state index in [9.17, 15) is 5.11 Å². The average Bonchev–Trinajstić information content (AvgIpc) is 3.00. The number of hydrogen-bond donors (Lipinski definition) is 2. The number of nitrogens with zero attached hydrogens (tertiary/aromatic N) is 4. The average molecular weight is 279 g/mol. The molecule has 0 spiro atoms. The van der Waals surface area contributed by atoms with Crippen LogP contribution in [0, 0.1) is 0 Å². The second kappa shape index (κ2) is 6.26. The van der Waals surface area contributed by atoms with E-state index >= 15 is 0 Å². The van der Waals surface area contributed by atoms with Crippen LogP contribution in [0.25, 0.3) is 0 Å². The maximum Gasteiger partial charge on any atom is 0.193 e. The van der Waals surface area contributed by atoms with Crippen molar-refractivity contribution in [2.75, 3.05) is 20.6 Å². The van der Waals surface area contributed by atoms with Gasteiger partial charge in [0.25, 0.3) is 0 Å². The van der Waals surface area contributed by atoms with E-state index in [1.807, 2.05) is 31.4 Å². The summed E-state index contributed by atoms with van der Waals surface area (Å²) in [6.45, 7) is 1.31. The molecule has 1 aromatic rings. The minimum atomic E-state index is -0.564. The molecule has 0 bridgehead atoms. The summed E-state index contributed by atoms with van der Waals surface area (Å²) in [7, 11) is 5.66. The summed E-state index contributed by atoms with van der Waals surface area (Å²) < 4.78 is 1.79. The first-order valence-corrected chi connectivity index (χ1v) is 7.14. The van der Waals surface area contributed by atoms with Crippen molar-refractivity contribution in [1.82, 2.24) is 20.0 Å². The van der Waals surface area contributed by atoms with Crippen molar-refractivity contribution in [3.63, 3.8) is 0 Å². The second-order valence-corrected chi connectivity index (χ2v) is 5.71. The largest absolute Gasteiger partial charge is 0.388 e. The minimum absolute atomic E-state index is 0.564. The normalized spacial score (nSPS) is 18.3. The standard InChI is InChI=1S/C14H25N5O/c1-15-13(16-11-14(20)6-4-5-7-14)18(2)9-12-8-17-19(3)10-12/h8,10,20H,4-7,9,11H2,1-3H3,(H,15,16). The molecule has 0 aliphatic heterocycles. The van der Waals surface area contributed by atoms with Gasteiger partial charge in [-0.3, -0.25) is 9.67 Å². The Labute approximate surface area is 120 Å². The third kappa shape index (κ3) is 3.72. The molecule has 0 radical (unpaired) electrons. The van der Waals surface area contributed by atoms with Gasteiger partial charge in [0.2, 0.25) is 0 Å². The fraction of sp³-hybridized carbons (Fsp3) is 0.714. The second-order valence-electron chi connectivity index (χ2n) is 5.71. The summed E-state index contributed by atoms with van der Waals surface area (Å²) >= 11 is 0. The van der Waals surface area contributed by atoms with Crippen LogP contribution in [0.4, 0.5) is 0 Å². The van der Waals surface area contributed by atoms with Crippen molar-refractivity contribution in [1.29, 1.82) is 0 Å². The molecule has 2 rings (SSSR count). The Kier molecular flexibility index (Phi) is 4.65. The predicted molar refractivity (Wildman–Crippen MR) is 79.5 cm³/mol. The Morgan fingerprint density at radius 1 is 1.55 bits per heavy atom. The van der Waals surface area contributed by atoms with Gasteiger partial charge < -0.3 is 15.3 Å². The Morgan fingerprint density at radius 3 is 2.80 bits per heavy atom. The number of aryl methyl sites for hydroxylation is 1. The highest BCUT2D eigenvalue weighted by Gasteiger charge is 2.31. The molecule has 2 N–H and O–H groups in total. The maximum atomic E-state index is 10.4. The molecule has 0 unspecified atom stereocenters. The summed E-state index contributed by atoms with van der Waals surface area (Å²) in [5.74, 6) is 0.800. The predicted octanol–water partition coefficient (Wildman–Crippen LogP) is 0.732. The lowest BCUT2D eigenvalue weighted by molar-refractivity contribution is 0.0516. The van der Waals surface area contributed by atoms with E-state index in [0.717, 1.165) is 43.8 Å². The van der Waals surface area contributed by atoms with E-state index in [1.165, 1.54) is 0 Å². The minimum Gasteiger partial charge on any atom is -0.388 e. The molecule has 1 aliphatic rings. The van der Waals surface area contributed by atoms with E-state index in [1.54, 1.807) is 11.7 Å². The van der Waals surface area contributed by atoms with Crippen molar-refractivity contribution >= 4 is 5.96 Å². The van der Waals surface area contributed by atoms with E-state index in [4.69, 9.17) is 0 Å². The Morgan fingerprint density at radius 2 is 2.25 bits per heavy atom. The van der Waals surface area contributed by atoms with Crippen molar-refractivity contribution in [3.05, 3.63) is 18.0 Å². The number of hydrogen-bond acceptors (Lipinski definition) is 3. The number of aromatic nitrogens is 2. The van der Waals surface area contributed by atoms with Gasteiger partial charge in [-0.15, -0.1) is 0 Å². The Bertz CT molecular complexity index is 462. The monoisotopic (exact) mass is 279 g/mol. The Balaban J connectivity index is 1.87. The van der Waals surface area contributed by atoms with Crippen LogP contribution in [0.15, 0.2) is 17.4 Å². The summed E-state index contributed by atoms with van der Waals surface area (Å²) in [6, 6.07) is 0. The number of aliphatic hydroxyl groups is 1. The topological polar surface area (TPSA) is 65.7 Å². The summed E-state index contributed by atoms with van der Waals surface area (Å²) in [6.07, 6.45) is 7.83. The van der Waals surface area contributed by atoms with Gasteiger partial charge in [-0.1, -0.05) is 12.8 Å². The molecule has 1 fully saturated rings. The van der Waals surface area contributed by atoms with Gasteiger partial charge in [-0.05, 0) is 12.8 Å². The zero-order valence-electron chi connectivity index (χ0n) is 12.6. The Hall–Kier alpha value is -1.56. The van der Waals surface area contributed by atoms with E-state index in [2.05, 4.69) is 15.4 Å². The van der Waals surface area contributed by atoms with Gasteiger partial charge in [0.15, 0.2) is 5.96 Å². The van der Waals surface area contributed by atoms with Crippen LogP contribution in [-0.4, -0.2) is 52.0 Å². The maximum absolute atomic E-state index is 10.4. The molecule has 1 aromatic heterocycles. The highest BCUT2D eigenvalue weighted by molar-refractivity contribution is 5.79. The van der Waals surface area contributed by atoms with Crippen molar-refractivity contribution < 1.29 is 5.11 Å². The zero-order valence-corrected chi connectivity index (χ0v) is 12.6. The summed E-state index contributed by atoms with van der Waals surface area (Å²) in [5, 5.41) is 17.8. The highest BCUT2D eigenvalue weighted by atomic mass is 16.3. The lowest BCUT2D eigenvalue weighted by atomic mass is 10.0. The fourth-order valence-corrected chi connectivity index (χ4v) is 2.74. The molecule has 6 nitrogen and oxygen atoms in total. The van der Waals surface area contributed by atoms with E-state index < -0.39 is 5.60 Å². The molecule has 20 heavy (non-hydrogen) atoms. The van der Waals surface area contributed by atoms with Gasteiger partial charge >= 0.3 is 0 Å². The molecule has 0 atom stereocenters. The molecule has 1 saturated carbocycles. The van der Waals surface area contributed by atoms with Crippen molar-refractivity contribution in [2.24, 2.45) is 12.0 Å². The summed E-state index contributed by atoms with van der Waals surface area (Å²) in [4.78, 5) is 6.31. The van der Waals surface area contributed by atoms with Gasteiger partial charge in [0, 0.05) is 46.0 Å². The smallest absolute Gasteiger partial charge is 0.193 e. The molecule has 6 heteroatoms. The molecule has 0 amide bonds. The zero-order chi connectivity index (χ0) is 14.6. The molecular weight excluding hydrogens is 254 g/mol. The number of nitrogens with one attached hydrogen (secondary N) is 1. The van der Waals surface area contributed by atoms with Gasteiger partial charge in [0.05, 0.1) is 11.8 Å². The van der Waals surface area contributed by atoms with E-state index in [-0.39, 0.29) is 0 Å². The lowest BCUT2D eigenvalue weighted by Crippen LogP contribution is -2.46. The highest BCUT2D eigenvalue weighted by Crippen LogP contribution is 2.28. The van der Waals surface area contributed by atoms with Crippen LogP contribution in [-0.2, 0) is 13.6 Å². The molecule has 0 saturated heterocycles. The molecule has 1 aliphatic carbocycles. The number of aliphatic imine (C=N–C) groups is 1. The molecular formula is C14H25N5O. The third-order valence-electron chi connectivity index (χ3n) is 3.86. The SMILES string of the molecule is CN=C(NCC1(O)CCCC1)N(C)Cc1cnn(C)c1. The van der Waals surface area contributed by atoms with Crippen molar-refractivity contribution in [3.8, 4) is 0 Å². The van der Waals surface area contributed by atoms with Crippen LogP contribution < -0.4 is 5.32 Å². The van der Waals surface area contributed by atoms with Crippen LogP contribution in [0.5, 0.6) is 0 Å². The van der Waals surface area contributed by atoms with Crippen LogP contribution in [0.3, 0.4) is 0 Å². The number of guanidine groups is 1. The van der Waals surface area contributed by atoms with Gasteiger partial charge in [-0.25, -0.2) is 0 Å². The number of rotatable bonds is 4. The summed E-state index contributed by atoms with van der Waals surface area (Å²) in [5.41, 5.74) is 0.572. The molecule has 112 valence electrons. The van der Waals surface area contributed by atoms with E-state index in [0.29, 0.717) is 6.54 Å². The van der Waals surface area contributed by atoms with Gasteiger partial charge in [0.1, 0.15) is 0 Å². The van der Waals surface area contributed by atoms with Crippen molar-refractivity contribution in [2.45, 2.75) is 37.8 Å². The first-order valence-electron chi connectivity index (χ1n) is 7.14. The molecule has 1 heterocycles. The first-order chi connectivity index (χ1) is 9.52. The fourth-order valence-electron chi connectivity index (χ4n) is 2.74. The third-order valence-corrected chi connectivity index (χ3v) is 3.86. The first kappa shape index (κ1) is 14.8. The molecule has 0 aromatic carbocycles. The van der Waals surface area contributed by atoms with Gasteiger partial charge in [-0.2, -0.15) is 5.10 Å². The van der Waals surface area contributed by atoms with Crippen LogP contribution in [0.2, 0.25) is 0 Å². The quantitative estimate of drug-likeness (QED) is 0.630. The van der Waals surface area contributed by atoms with Crippen LogP contribution in [0.1, 0.15) is 31.2 Å². The van der Waals surface area contributed by atoms with Crippen LogP contribution >= 0.6 is 0 Å². The lowest BCUT2D eigenvalue weighted by Gasteiger charge is -2.27.